The van der Waals surface area contributed by atoms with E-state index in [1.165, 1.54) is 45.5 Å². The SMILES string of the molecule is C=C(C)c1ccc(Cc2ccccc2-c2c(C)cccc2C(=C)Nc2cc(F)ccc2C)cc1C. The lowest BCUT2D eigenvalue weighted by Crippen LogP contribution is -2.04. The number of halogens is 1. The van der Waals surface area contributed by atoms with Crippen LogP contribution in [0.15, 0.2) is 92.0 Å². The van der Waals surface area contributed by atoms with Crippen LogP contribution >= 0.6 is 0 Å². The van der Waals surface area contributed by atoms with Crippen molar-refractivity contribution in [1.29, 1.82) is 0 Å². The van der Waals surface area contributed by atoms with Gasteiger partial charge in [-0.25, -0.2) is 4.39 Å². The minimum Gasteiger partial charge on any atom is -0.355 e. The van der Waals surface area contributed by atoms with Crippen molar-refractivity contribution in [2.24, 2.45) is 0 Å². The molecule has 0 saturated heterocycles. The summed E-state index contributed by atoms with van der Waals surface area (Å²) in [6, 6.07) is 26.2. The predicted molar refractivity (Wildman–Crippen MR) is 149 cm³/mol. The van der Waals surface area contributed by atoms with Gasteiger partial charge in [0.05, 0.1) is 0 Å². The topological polar surface area (TPSA) is 12.0 Å². The Morgan fingerprint density at radius 3 is 2.29 bits per heavy atom. The third-order valence-corrected chi connectivity index (χ3v) is 6.51. The zero-order valence-corrected chi connectivity index (χ0v) is 21.0. The quantitative estimate of drug-likeness (QED) is 0.289. The molecule has 2 heteroatoms. The fourth-order valence-electron chi connectivity index (χ4n) is 4.69. The molecule has 4 aromatic carbocycles. The van der Waals surface area contributed by atoms with Gasteiger partial charge in [-0.05, 0) is 90.8 Å². The Balaban J connectivity index is 1.74. The molecule has 4 aromatic rings. The Kier molecular flexibility index (Phi) is 7.02. The van der Waals surface area contributed by atoms with Crippen LogP contribution in [-0.4, -0.2) is 0 Å². The number of nitrogens with one attached hydrogen (secondary N) is 1. The standard InChI is InChI=1S/C33H32FN/c1-21(2)29-17-15-26(18-24(29)5)19-27-11-7-8-12-31(27)33-23(4)10-9-13-30(33)25(6)35-32-20-28(34)16-14-22(32)3/h7-18,20,35H,1,6,19H2,2-5H3. The third-order valence-electron chi connectivity index (χ3n) is 6.51. The van der Waals surface area contributed by atoms with E-state index in [2.05, 4.69) is 86.9 Å². The van der Waals surface area contributed by atoms with Crippen LogP contribution in [0, 0.1) is 26.6 Å². The second-order valence-corrected chi connectivity index (χ2v) is 9.32. The number of anilines is 1. The van der Waals surface area contributed by atoms with Crippen molar-refractivity contribution in [1.82, 2.24) is 0 Å². The first-order valence-electron chi connectivity index (χ1n) is 11.9. The monoisotopic (exact) mass is 461 g/mol. The van der Waals surface area contributed by atoms with Crippen molar-refractivity contribution in [3.8, 4) is 11.1 Å². The molecule has 4 rings (SSSR count). The van der Waals surface area contributed by atoms with Gasteiger partial charge in [0.2, 0.25) is 0 Å². The minimum absolute atomic E-state index is 0.270. The first-order valence-corrected chi connectivity index (χ1v) is 11.9. The average molecular weight is 462 g/mol. The first kappa shape index (κ1) is 24.2. The van der Waals surface area contributed by atoms with Crippen molar-refractivity contribution in [2.45, 2.75) is 34.1 Å². The van der Waals surface area contributed by atoms with Gasteiger partial charge in [-0.2, -0.15) is 0 Å². The summed E-state index contributed by atoms with van der Waals surface area (Å²) >= 11 is 0. The van der Waals surface area contributed by atoms with Crippen molar-refractivity contribution < 1.29 is 4.39 Å². The van der Waals surface area contributed by atoms with Crippen LogP contribution in [0.2, 0.25) is 0 Å². The Hall–Kier alpha value is -3.91. The van der Waals surface area contributed by atoms with Crippen molar-refractivity contribution in [3.05, 3.63) is 137 Å². The first-order chi connectivity index (χ1) is 16.7. The van der Waals surface area contributed by atoms with Crippen LogP contribution in [0.5, 0.6) is 0 Å². The molecule has 35 heavy (non-hydrogen) atoms. The van der Waals surface area contributed by atoms with E-state index in [0.29, 0.717) is 0 Å². The summed E-state index contributed by atoms with van der Waals surface area (Å²) in [4.78, 5) is 0. The molecule has 0 fully saturated rings. The molecule has 0 aliphatic carbocycles. The van der Waals surface area contributed by atoms with Gasteiger partial charge < -0.3 is 5.32 Å². The molecule has 0 atom stereocenters. The smallest absolute Gasteiger partial charge is 0.125 e. The van der Waals surface area contributed by atoms with Gasteiger partial charge in [-0.1, -0.05) is 85.5 Å². The molecular weight excluding hydrogens is 429 g/mol. The lowest BCUT2D eigenvalue weighted by molar-refractivity contribution is 0.628. The zero-order chi connectivity index (χ0) is 25.1. The second-order valence-electron chi connectivity index (χ2n) is 9.32. The molecule has 0 heterocycles. The maximum atomic E-state index is 13.9. The van der Waals surface area contributed by atoms with E-state index in [9.17, 15) is 4.39 Å². The number of aryl methyl sites for hydroxylation is 3. The molecule has 0 radical (unpaired) electrons. The highest BCUT2D eigenvalue weighted by atomic mass is 19.1. The number of benzene rings is 4. The van der Waals surface area contributed by atoms with Crippen LogP contribution in [0.4, 0.5) is 10.1 Å². The van der Waals surface area contributed by atoms with Gasteiger partial charge in [0, 0.05) is 16.9 Å². The molecule has 0 spiro atoms. The molecule has 0 bridgehead atoms. The fourth-order valence-corrected chi connectivity index (χ4v) is 4.69. The van der Waals surface area contributed by atoms with E-state index in [0.717, 1.165) is 40.1 Å². The van der Waals surface area contributed by atoms with Crippen LogP contribution in [0.3, 0.4) is 0 Å². The van der Waals surface area contributed by atoms with Crippen molar-refractivity contribution in [2.75, 3.05) is 5.32 Å². The lowest BCUT2D eigenvalue weighted by Gasteiger charge is -2.20. The lowest BCUT2D eigenvalue weighted by atomic mass is 9.88. The summed E-state index contributed by atoms with van der Waals surface area (Å²) < 4.78 is 13.9. The predicted octanol–water partition coefficient (Wildman–Crippen LogP) is 9.12. The maximum absolute atomic E-state index is 13.9. The molecule has 0 saturated carbocycles. The highest BCUT2D eigenvalue weighted by Crippen LogP contribution is 2.35. The van der Waals surface area contributed by atoms with Gasteiger partial charge in [-0.15, -0.1) is 0 Å². The summed E-state index contributed by atoms with van der Waals surface area (Å²) in [7, 11) is 0. The van der Waals surface area contributed by atoms with Gasteiger partial charge in [-0.3, -0.25) is 0 Å². The largest absolute Gasteiger partial charge is 0.355 e. The van der Waals surface area contributed by atoms with E-state index in [1.807, 2.05) is 19.9 Å². The minimum atomic E-state index is -0.270. The van der Waals surface area contributed by atoms with E-state index in [4.69, 9.17) is 0 Å². The Morgan fingerprint density at radius 1 is 0.771 bits per heavy atom. The Labute approximate surface area is 208 Å². The van der Waals surface area contributed by atoms with E-state index in [1.54, 1.807) is 6.07 Å². The molecule has 0 amide bonds. The van der Waals surface area contributed by atoms with Crippen molar-refractivity contribution >= 4 is 17.0 Å². The van der Waals surface area contributed by atoms with E-state index >= 15 is 0 Å². The molecule has 0 aliphatic rings. The summed E-state index contributed by atoms with van der Waals surface area (Å²) in [5, 5.41) is 3.36. The highest BCUT2D eigenvalue weighted by Gasteiger charge is 2.15. The van der Waals surface area contributed by atoms with Gasteiger partial charge in [0.1, 0.15) is 5.82 Å². The van der Waals surface area contributed by atoms with Gasteiger partial charge in [0.15, 0.2) is 0 Å². The zero-order valence-electron chi connectivity index (χ0n) is 21.0. The highest BCUT2D eigenvalue weighted by molar-refractivity contribution is 5.88. The number of hydrogen-bond donors (Lipinski definition) is 1. The van der Waals surface area contributed by atoms with Crippen molar-refractivity contribution in [3.63, 3.8) is 0 Å². The molecule has 0 aromatic heterocycles. The van der Waals surface area contributed by atoms with Gasteiger partial charge >= 0.3 is 0 Å². The molecular formula is C33H32FN. The molecule has 0 unspecified atom stereocenters. The van der Waals surface area contributed by atoms with Crippen LogP contribution in [-0.2, 0) is 6.42 Å². The van der Waals surface area contributed by atoms with E-state index < -0.39 is 0 Å². The summed E-state index contributed by atoms with van der Waals surface area (Å²) in [5.74, 6) is -0.270. The summed E-state index contributed by atoms with van der Waals surface area (Å²) in [6.07, 6.45) is 0.824. The number of allylic oxidation sites excluding steroid dienone is 1. The average Bonchev–Trinajstić information content (AvgIpc) is 2.81. The van der Waals surface area contributed by atoms with Crippen LogP contribution in [0.25, 0.3) is 22.4 Å². The Morgan fingerprint density at radius 2 is 1.54 bits per heavy atom. The van der Waals surface area contributed by atoms with Crippen LogP contribution < -0.4 is 5.32 Å². The van der Waals surface area contributed by atoms with E-state index in [-0.39, 0.29) is 5.82 Å². The number of rotatable bonds is 7. The normalized spacial score (nSPS) is 10.8. The molecule has 0 aliphatic heterocycles. The number of hydrogen-bond acceptors (Lipinski definition) is 1. The second kappa shape index (κ2) is 10.1. The fraction of sp³-hybridized carbons (Fsp3) is 0.152. The maximum Gasteiger partial charge on any atom is 0.125 e. The molecule has 176 valence electrons. The summed E-state index contributed by atoms with van der Waals surface area (Å²) in [6.45, 7) is 16.7. The molecule has 1 nitrogen and oxygen atoms in total. The van der Waals surface area contributed by atoms with Crippen LogP contribution in [0.1, 0.15) is 45.9 Å². The molecule has 1 N–H and O–H groups in total. The third kappa shape index (κ3) is 5.27. The summed E-state index contributed by atoms with van der Waals surface area (Å²) in [5.41, 5.74) is 13.0. The van der Waals surface area contributed by atoms with Gasteiger partial charge in [0.25, 0.3) is 0 Å². The Bertz CT molecular complexity index is 1430.